The number of carbonyl (C=O) groups is 1. The standard InChI is InChI=1S/C15H16N4O4/c20-13(12-7-21-10-18-12)19-8-15(9-19)6-11(2-5-22-15)23-14-16-3-1-4-17-14/h1,3-4,7,10-11H,2,5-6,8-9H2. The van der Waals surface area contributed by atoms with E-state index in [9.17, 15) is 4.79 Å². The van der Waals surface area contributed by atoms with Gasteiger partial charge in [-0.05, 0) is 6.07 Å². The van der Waals surface area contributed by atoms with Gasteiger partial charge in [-0.3, -0.25) is 4.79 Å². The van der Waals surface area contributed by atoms with Crippen molar-refractivity contribution in [2.75, 3.05) is 19.7 Å². The molecule has 2 aromatic heterocycles. The molecule has 2 fully saturated rings. The van der Waals surface area contributed by atoms with Crippen LogP contribution in [-0.4, -0.2) is 57.2 Å². The number of amides is 1. The van der Waals surface area contributed by atoms with Gasteiger partial charge in [0.1, 0.15) is 18.0 Å². The second kappa shape index (κ2) is 5.62. The van der Waals surface area contributed by atoms with Crippen molar-refractivity contribution in [2.24, 2.45) is 0 Å². The van der Waals surface area contributed by atoms with Gasteiger partial charge in [0.25, 0.3) is 5.91 Å². The Bertz CT molecular complexity index is 670. The van der Waals surface area contributed by atoms with Gasteiger partial charge in [-0.2, -0.15) is 0 Å². The van der Waals surface area contributed by atoms with Gasteiger partial charge in [-0.25, -0.2) is 15.0 Å². The predicted molar refractivity (Wildman–Crippen MR) is 76.8 cm³/mol. The quantitative estimate of drug-likeness (QED) is 0.831. The zero-order valence-corrected chi connectivity index (χ0v) is 12.4. The minimum Gasteiger partial charge on any atom is -0.460 e. The molecule has 0 aromatic carbocycles. The zero-order valence-electron chi connectivity index (χ0n) is 12.4. The van der Waals surface area contributed by atoms with E-state index in [2.05, 4.69) is 15.0 Å². The Morgan fingerprint density at radius 1 is 1.30 bits per heavy atom. The summed E-state index contributed by atoms with van der Waals surface area (Å²) >= 11 is 0. The van der Waals surface area contributed by atoms with Crippen molar-refractivity contribution < 1.29 is 18.7 Å². The first-order valence-corrected chi connectivity index (χ1v) is 7.49. The summed E-state index contributed by atoms with van der Waals surface area (Å²) in [5.74, 6) is -0.137. The van der Waals surface area contributed by atoms with Crippen LogP contribution in [0.15, 0.2) is 35.5 Å². The fourth-order valence-electron chi connectivity index (χ4n) is 3.07. The Morgan fingerprint density at radius 3 is 2.87 bits per heavy atom. The number of carbonyl (C=O) groups excluding carboxylic acids is 1. The maximum atomic E-state index is 12.2. The lowest BCUT2D eigenvalue weighted by Gasteiger charge is -2.52. The van der Waals surface area contributed by atoms with E-state index in [1.807, 2.05) is 0 Å². The van der Waals surface area contributed by atoms with Gasteiger partial charge in [0.15, 0.2) is 12.1 Å². The number of oxazole rings is 1. The summed E-state index contributed by atoms with van der Waals surface area (Å²) in [6, 6.07) is 2.13. The van der Waals surface area contributed by atoms with Gasteiger partial charge >= 0.3 is 6.01 Å². The molecule has 0 aliphatic carbocycles. The summed E-state index contributed by atoms with van der Waals surface area (Å²) in [7, 11) is 0. The summed E-state index contributed by atoms with van der Waals surface area (Å²) in [5, 5.41) is 0. The lowest BCUT2D eigenvalue weighted by molar-refractivity contribution is -0.174. The summed E-state index contributed by atoms with van der Waals surface area (Å²) in [5.41, 5.74) is -0.0157. The van der Waals surface area contributed by atoms with Crippen LogP contribution in [0.1, 0.15) is 23.3 Å². The van der Waals surface area contributed by atoms with Crippen LogP contribution in [-0.2, 0) is 4.74 Å². The Morgan fingerprint density at radius 2 is 2.13 bits per heavy atom. The normalized spacial score (nSPS) is 22.6. The van der Waals surface area contributed by atoms with E-state index >= 15 is 0 Å². The van der Waals surface area contributed by atoms with E-state index in [4.69, 9.17) is 13.9 Å². The van der Waals surface area contributed by atoms with Crippen molar-refractivity contribution in [1.29, 1.82) is 0 Å². The van der Waals surface area contributed by atoms with E-state index in [1.54, 1.807) is 23.4 Å². The Labute approximate surface area is 132 Å². The molecule has 1 unspecified atom stereocenters. The molecule has 1 spiro atoms. The fourth-order valence-corrected chi connectivity index (χ4v) is 3.07. The molecule has 2 saturated heterocycles. The van der Waals surface area contributed by atoms with Gasteiger partial charge in [-0.1, -0.05) is 0 Å². The second-order valence-corrected chi connectivity index (χ2v) is 5.83. The van der Waals surface area contributed by atoms with Gasteiger partial charge in [0.05, 0.1) is 19.7 Å². The molecule has 1 amide bonds. The lowest BCUT2D eigenvalue weighted by atomic mass is 9.84. The number of hydrogen-bond acceptors (Lipinski definition) is 7. The molecule has 2 aliphatic heterocycles. The molecular weight excluding hydrogens is 300 g/mol. The Kier molecular flexibility index (Phi) is 3.45. The fraction of sp³-hybridized carbons (Fsp3) is 0.467. The molecule has 8 nitrogen and oxygen atoms in total. The van der Waals surface area contributed by atoms with Crippen LogP contribution in [0.4, 0.5) is 0 Å². The molecule has 8 heteroatoms. The summed E-state index contributed by atoms with van der Waals surface area (Å²) < 4.78 is 16.6. The maximum absolute atomic E-state index is 12.2. The summed E-state index contributed by atoms with van der Waals surface area (Å²) in [6.07, 6.45) is 7.41. The Balaban J connectivity index is 1.36. The average Bonchev–Trinajstić information content (AvgIpc) is 3.07. The average molecular weight is 316 g/mol. The van der Waals surface area contributed by atoms with E-state index in [0.29, 0.717) is 37.8 Å². The smallest absolute Gasteiger partial charge is 0.316 e. The second-order valence-electron chi connectivity index (χ2n) is 5.83. The maximum Gasteiger partial charge on any atom is 0.316 e. The third-order valence-electron chi connectivity index (χ3n) is 4.16. The van der Waals surface area contributed by atoms with Crippen LogP contribution in [0.2, 0.25) is 0 Å². The lowest BCUT2D eigenvalue weighted by Crippen LogP contribution is -2.67. The molecule has 4 rings (SSSR count). The van der Waals surface area contributed by atoms with Crippen LogP contribution in [0.25, 0.3) is 0 Å². The van der Waals surface area contributed by atoms with Gasteiger partial charge in [-0.15, -0.1) is 0 Å². The summed E-state index contributed by atoms with van der Waals surface area (Å²) in [4.78, 5) is 25.9. The highest BCUT2D eigenvalue weighted by Gasteiger charge is 2.50. The molecule has 0 N–H and O–H groups in total. The van der Waals surface area contributed by atoms with Gasteiger partial charge in [0.2, 0.25) is 0 Å². The molecule has 120 valence electrons. The first-order valence-electron chi connectivity index (χ1n) is 7.49. The molecule has 4 heterocycles. The largest absolute Gasteiger partial charge is 0.460 e. The van der Waals surface area contributed by atoms with E-state index < -0.39 is 0 Å². The van der Waals surface area contributed by atoms with Crippen LogP contribution in [0.3, 0.4) is 0 Å². The predicted octanol–water partition coefficient (Wildman–Crippen LogP) is 0.917. The first-order chi connectivity index (χ1) is 11.2. The SMILES string of the molecule is O=C(c1cocn1)N1CC2(CC(Oc3ncccn3)CCO2)C1. The number of aromatic nitrogens is 3. The molecule has 2 aromatic rings. The molecule has 0 radical (unpaired) electrons. The van der Waals surface area contributed by atoms with Crippen LogP contribution < -0.4 is 4.74 Å². The van der Waals surface area contributed by atoms with Crippen LogP contribution in [0.5, 0.6) is 6.01 Å². The third kappa shape index (κ3) is 2.77. The van der Waals surface area contributed by atoms with Crippen molar-refractivity contribution in [3.8, 4) is 6.01 Å². The number of nitrogens with zero attached hydrogens (tertiary/aromatic N) is 4. The molecular formula is C15H16N4O4. The van der Waals surface area contributed by atoms with Crippen molar-refractivity contribution >= 4 is 5.91 Å². The minimum absolute atomic E-state index is 0.00421. The molecule has 23 heavy (non-hydrogen) atoms. The number of likely N-dealkylation sites (tertiary alicyclic amines) is 1. The monoisotopic (exact) mass is 316 g/mol. The molecule has 0 bridgehead atoms. The van der Waals surface area contributed by atoms with Gasteiger partial charge in [0, 0.05) is 25.2 Å². The summed E-state index contributed by atoms with van der Waals surface area (Å²) in [6.45, 7) is 1.67. The highest BCUT2D eigenvalue weighted by atomic mass is 16.5. The topological polar surface area (TPSA) is 90.6 Å². The van der Waals surface area contributed by atoms with Crippen molar-refractivity contribution in [3.63, 3.8) is 0 Å². The first kappa shape index (κ1) is 14.1. The van der Waals surface area contributed by atoms with Gasteiger partial charge < -0.3 is 18.8 Å². The molecule has 0 saturated carbocycles. The zero-order chi connectivity index (χ0) is 15.7. The highest BCUT2D eigenvalue weighted by molar-refractivity contribution is 5.92. The van der Waals surface area contributed by atoms with E-state index in [-0.39, 0.29) is 17.6 Å². The van der Waals surface area contributed by atoms with Crippen molar-refractivity contribution in [2.45, 2.75) is 24.5 Å². The van der Waals surface area contributed by atoms with Crippen LogP contribution >= 0.6 is 0 Å². The van der Waals surface area contributed by atoms with Crippen molar-refractivity contribution in [1.82, 2.24) is 19.9 Å². The Hall–Kier alpha value is -2.48. The third-order valence-corrected chi connectivity index (χ3v) is 4.16. The molecule has 1 atom stereocenters. The van der Waals surface area contributed by atoms with E-state index in [0.717, 1.165) is 6.42 Å². The number of hydrogen-bond donors (Lipinski definition) is 0. The van der Waals surface area contributed by atoms with Crippen molar-refractivity contribution in [3.05, 3.63) is 36.8 Å². The minimum atomic E-state index is -0.336. The number of ether oxygens (including phenoxy) is 2. The highest BCUT2D eigenvalue weighted by Crippen LogP contribution is 2.35. The molecule has 2 aliphatic rings. The van der Waals surface area contributed by atoms with Crippen LogP contribution in [0, 0.1) is 0 Å². The number of rotatable bonds is 3. The van der Waals surface area contributed by atoms with E-state index in [1.165, 1.54) is 12.7 Å².